The molecule has 1 heterocycles. The molecule has 1 fully saturated rings. The lowest BCUT2D eigenvalue weighted by atomic mass is 10.1. The third-order valence-electron chi connectivity index (χ3n) is 4.10. The maximum Gasteiger partial charge on any atom is 0.193 e. The average Bonchev–Trinajstić information content (AvgIpc) is 3.09. The Bertz CT molecular complexity index is 348. The van der Waals surface area contributed by atoms with Crippen molar-refractivity contribution in [3.8, 4) is 0 Å². The van der Waals surface area contributed by atoms with Crippen LogP contribution in [0.3, 0.4) is 0 Å². The van der Waals surface area contributed by atoms with E-state index in [1.807, 2.05) is 0 Å². The zero-order valence-corrected chi connectivity index (χ0v) is 19.0. The average molecular weight is 487 g/mol. The van der Waals surface area contributed by atoms with Crippen LogP contribution in [0.15, 0.2) is 4.99 Å². The van der Waals surface area contributed by atoms with E-state index in [0.717, 1.165) is 64.6 Å². The number of guanidine groups is 1. The molecule has 7 nitrogen and oxygen atoms in total. The Morgan fingerprint density at radius 3 is 2.46 bits per heavy atom. The van der Waals surface area contributed by atoms with Gasteiger partial charge in [-0.25, -0.2) is 0 Å². The van der Waals surface area contributed by atoms with Crippen molar-refractivity contribution >= 4 is 29.9 Å². The number of nitrogens with zero attached hydrogens (tertiary/aromatic N) is 2. The summed E-state index contributed by atoms with van der Waals surface area (Å²) in [7, 11) is 3.39. The number of aliphatic imine (C=N–C) groups is 1. The fourth-order valence-corrected chi connectivity index (χ4v) is 2.72. The number of rotatable bonds is 14. The van der Waals surface area contributed by atoms with Gasteiger partial charge in [-0.05, 0) is 26.2 Å². The van der Waals surface area contributed by atoms with Gasteiger partial charge >= 0.3 is 0 Å². The van der Waals surface area contributed by atoms with Gasteiger partial charge in [-0.15, -0.1) is 24.0 Å². The zero-order valence-electron chi connectivity index (χ0n) is 16.7. The number of hydrogen-bond acceptors (Lipinski definition) is 5. The number of halogens is 1. The summed E-state index contributed by atoms with van der Waals surface area (Å²) in [6.07, 6.45) is 3.23. The number of nitrogens with one attached hydrogen (secondary N) is 1. The number of hydrogen-bond donors (Lipinski definition) is 1. The van der Waals surface area contributed by atoms with E-state index in [0.29, 0.717) is 32.3 Å². The third kappa shape index (κ3) is 12.3. The quantitative estimate of drug-likeness (QED) is 0.175. The maximum absolute atomic E-state index is 5.66. The van der Waals surface area contributed by atoms with Crippen molar-refractivity contribution in [3.63, 3.8) is 0 Å². The van der Waals surface area contributed by atoms with Crippen LogP contribution in [-0.4, -0.2) is 90.9 Å². The fraction of sp³-hybridized carbons (Fsp3) is 0.944. The van der Waals surface area contributed by atoms with Crippen LogP contribution in [0.4, 0.5) is 0 Å². The summed E-state index contributed by atoms with van der Waals surface area (Å²) >= 11 is 0. The van der Waals surface area contributed by atoms with Gasteiger partial charge in [0, 0.05) is 52.9 Å². The van der Waals surface area contributed by atoms with Crippen LogP contribution >= 0.6 is 24.0 Å². The SMILES string of the molecule is CCNC(=NCCCCOCCOC)N1CCC(COCCOC)C1.I. The Hall–Kier alpha value is -0.160. The van der Waals surface area contributed by atoms with Crippen LogP contribution in [0.25, 0.3) is 0 Å². The monoisotopic (exact) mass is 487 g/mol. The molecule has 0 aromatic heterocycles. The minimum absolute atomic E-state index is 0. The van der Waals surface area contributed by atoms with Gasteiger partial charge in [0.05, 0.1) is 33.0 Å². The molecule has 0 saturated carbocycles. The topological polar surface area (TPSA) is 64.6 Å². The van der Waals surface area contributed by atoms with Crippen molar-refractivity contribution in [1.29, 1.82) is 0 Å². The molecule has 1 aliphatic rings. The van der Waals surface area contributed by atoms with E-state index in [9.17, 15) is 0 Å². The van der Waals surface area contributed by atoms with Gasteiger partial charge in [-0.3, -0.25) is 4.99 Å². The van der Waals surface area contributed by atoms with Gasteiger partial charge in [-0.1, -0.05) is 0 Å². The van der Waals surface area contributed by atoms with Crippen molar-refractivity contribution in [3.05, 3.63) is 0 Å². The first-order valence-electron chi connectivity index (χ1n) is 9.48. The first-order valence-corrected chi connectivity index (χ1v) is 9.48. The summed E-state index contributed by atoms with van der Waals surface area (Å²) in [5.74, 6) is 1.61. The molecular weight excluding hydrogens is 449 g/mol. The van der Waals surface area contributed by atoms with E-state index in [1.165, 1.54) is 0 Å². The zero-order chi connectivity index (χ0) is 18.2. The molecule has 0 aliphatic carbocycles. The molecule has 1 unspecified atom stereocenters. The van der Waals surface area contributed by atoms with E-state index in [2.05, 4.69) is 17.1 Å². The van der Waals surface area contributed by atoms with Crippen molar-refractivity contribution in [2.75, 3.05) is 80.0 Å². The van der Waals surface area contributed by atoms with Crippen molar-refractivity contribution in [2.24, 2.45) is 10.9 Å². The Labute approximate surface area is 176 Å². The van der Waals surface area contributed by atoms with Crippen molar-refractivity contribution < 1.29 is 18.9 Å². The Morgan fingerprint density at radius 2 is 1.77 bits per heavy atom. The van der Waals surface area contributed by atoms with Gasteiger partial charge in [0.25, 0.3) is 0 Å². The summed E-state index contributed by atoms with van der Waals surface area (Å²) in [4.78, 5) is 7.11. The second-order valence-electron chi connectivity index (χ2n) is 6.22. The molecule has 0 bridgehead atoms. The fourth-order valence-electron chi connectivity index (χ4n) is 2.72. The third-order valence-corrected chi connectivity index (χ3v) is 4.10. The molecule has 1 atom stereocenters. The van der Waals surface area contributed by atoms with Gasteiger partial charge in [-0.2, -0.15) is 0 Å². The van der Waals surface area contributed by atoms with E-state index in [-0.39, 0.29) is 24.0 Å². The van der Waals surface area contributed by atoms with Crippen LogP contribution in [0.1, 0.15) is 26.2 Å². The van der Waals surface area contributed by atoms with E-state index in [4.69, 9.17) is 23.9 Å². The predicted molar refractivity (Wildman–Crippen MR) is 116 cm³/mol. The molecule has 1 N–H and O–H groups in total. The summed E-state index contributed by atoms with van der Waals surface area (Å²) in [5.41, 5.74) is 0. The second kappa shape index (κ2) is 18.2. The number of ether oxygens (including phenoxy) is 4. The van der Waals surface area contributed by atoms with Crippen molar-refractivity contribution in [1.82, 2.24) is 10.2 Å². The minimum Gasteiger partial charge on any atom is -0.382 e. The molecule has 8 heteroatoms. The predicted octanol–water partition coefficient (Wildman–Crippen LogP) is 2.00. The molecule has 0 aromatic carbocycles. The number of methoxy groups -OCH3 is 2. The number of likely N-dealkylation sites (tertiary alicyclic amines) is 1. The molecule has 0 spiro atoms. The largest absolute Gasteiger partial charge is 0.382 e. The lowest BCUT2D eigenvalue weighted by Crippen LogP contribution is -2.40. The molecule has 26 heavy (non-hydrogen) atoms. The standard InChI is InChI=1S/C18H37N3O4.HI/c1-4-19-18(20-8-5-6-10-24-13-11-22-2)21-9-7-17(15-21)16-25-14-12-23-3;/h17H,4-16H2,1-3H3,(H,19,20);1H. The highest BCUT2D eigenvalue weighted by Gasteiger charge is 2.24. The van der Waals surface area contributed by atoms with Crippen LogP contribution in [-0.2, 0) is 18.9 Å². The van der Waals surface area contributed by atoms with Gasteiger partial charge in [0.15, 0.2) is 5.96 Å². The van der Waals surface area contributed by atoms with Crippen LogP contribution in [0.2, 0.25) is 0 Å². The van der Waals surface area contributed by atoms with Gasteiger partial charge in [0.1, 0.15) is 0 Å². The van der Waals surface area contributed by atoms with Crippen LogP contribution in [0.5, 0.6) is 0 Å². The molecule has 0 aromatic rings. The minimum atomic E-state index is 0. The van der Waals surface area contributed by atoms with Crippen molar-refractivity contribution in [2.45, 2.75) is 26.2 Å². The first-order chi connectivity index (χ1) is 12.3. The number of unbranched alkanes of at least 4 members (excludes halogenated alkanes) is 1. The summed E-state index contributed by atoms with van der Waals surface area (Å²) in [6.45, 7) is 10.1. The Balaban J connectivity index is 0.00000625. The molecule has 1 rings (SSSR count). The normalized spacial score (nSPS) is 17.4. The van der Waals surface area contributed by atoms with E-state index in [1.54, 1.807) is 14.2 Å². The summed E-state index contributed by atoms with van der Waals surface area (Å²) in [5, 5.41) is 3.41. The summed E-state index contributed by atoms with van der Waals surface area (Å²) in [6, 6.07) is 0. The lowest BCUT2D eigenvalue weighted by molar-refractivity contribution is 0.0536. The highest BCUT2D eigenvalue weighted by atomic mass is 127. The molecule has 0 radical (unpaired) electrons. The lowest BCUT2D eigenvalue weighted by Gasteiger charge is -2.21. The summed E-state index contributed by atoms with van der Waals surface area (Å²) < 4.78 is 21.1. The smallest absolute Gasteiger partial charge is 0.193 e. The highest BCUT2D eigenvalue weighted by molar-refractivity contribution is 14.0. The molecule has 0 amide bonds. The Morgan fingerprint density at radius 1 is 1.04 bits per heavy atom. The van der Waals surface area contributed by atoms with E-state index >= 15 is 0 Å². The van der Waals surface area contributed by atoms with Gasteiger partial charge in [0.2, 0.25) is 0 Å². The molecule has 1 aliphatic heterocycles. The molecule has 1 saturated heterocycles. The Kier molecular flexibility index (Phi) is 18.1. The highest BCUT2D eigenvalue weighted by Crippen LogP contribution is 2.16. The molecule has 156 valence electrons. The van der Waals surface area contributed by atoms with Gasteiger partial charge < -0.3 is 29.2 Å². The second-order valence-corrected chi connectivity index (χ2v) is 6.22. The maximum atomic E-state index is 5.66. The van der Waals surface area contributed by atoms with Crippen LogP contribution in [0, 0.1) is 5.92 Å². The molecular formula is C18H38IN3O4. The first kappa shape index (κ1) is 25.8. The van der Waals surface area contributed by atoms with E-state index < -0.39 is 0 Å². The van der Waals surface area contributed by atoms with Crippen LogP contribution < -0.4 is 5.32 Å².